The van der Waals surface area contributed by atoms with E-state index in [0.29, 0.717) is 0 Å². The molecule has 0 bridgehead atoms. The molecule has 1 fully saturated rings. The lowest BCUT2D eigenvalue weighted by molar-refractivity contribution is -0.112. The van der Waals surface area contributed by atoms with Crippen LogP contribution < -0.4 is 5.56 Å². The van der Waals surface area contributed by atoms with Gasteiger partial charge in [0, 0.05) is 12.3 Å². The summed E-state index contributed by atoms with van der Waals surface area (Å²) in [7, 11) is -17.0. The topological polar surface area (TPSA) is 227 Å². The van der Waals surface area contributed by atoms with Crippen LogP contribution in [0.4, 0.5) is 8.78 Å². The number of alkyl halides is 2. The highest BCUT2D eigenvalue weighted by Gasteiger charge is 2.58. The fourth-order valence-corrected chi connectivity index (χ4v) is 5.75. The molecule has 1 aliphatic heterocycles. The van der Waals surface area contributed by atoms with E-state index in [1.54, 1.807) is 0 Å². The number of halogens is 2. The first-order chi connectivity index (χ1) is 14.0. The van der Waals surface area contributed by atoms with Gasteiger partial charge in [0.25, 0.3) is 5.56 Å². The maximum atomic E-state index is 14.7. The molecule has 0 spiro atoms. The lowest BCUT2D eigenvalue weighted by atomic mass is 9.97. The second kappa shape index (κ2) is 9.27. The van der Waals surface area contributed by atoms with Gasteiger partial charge in [-0.05, 0) is 12.2 Å². The second-order valence-electron chi connectivity index (χ2n) is 5.96. The summed E-state index contributed by atoms with van der Waals surface area (Å²) in [5.74, 6) is 0. The van der Waals surface area contributed by atoms with E-state index in [0.717, 1.165) is 16.8 Å². The van der Waals surface area contributed by atoms with E-state index in [9.17, 15) is 37.3 Å². The number of aromatic nitrogens is 2. The zero-order chi connectivity index (χ0) is 23.8. The predicted molar refractivity (Wildman–Crippen MR) is 95.4 cm³/mol. The fourth-order valence-electron chi connectivity index (χ4n) is 2.46. The fraction of sp³-hybridized carbons (Fsp3) is 0.600. The molecular formula is C10H15F2N2O13P3S. The molecule has 21 heteroatoms. The van der Waals surface area contributed by atoms with Gasteiger partial charge in [0.05, 0.1) is 6.61 Å². The van der Waals surface area contributed by atoms with Crippen molar-refractivity contribution < 1.29 is 65.0 Å². The average molecular weight is 534 g/mol. The number of ether oxygens (including phenoxy) is 1. The van der Waals surface area contributed by atoms with Crippen LogP contribution in [0.2, 0.25) is 0 Å². The molecule has 31 heavy (non-hydrogen) atoms. The van der Waals surface area contributed by atoms with Crippen molar-refractivity contribution in [3.63, 3.8) is 0 Å². The van der Waals surface area contributed by atoms with Crippen LogP contribution >= 0.6 is 35.7 Å². The Morgan fingerprint density at radius 2 is 1.84 bits per heavy atom. The molecule has 2 rings (SSSR count). The molecule has 1 aromatic heterocycles. The first-order valence-electron chi connectivity index (χ1n) is 7.67. The number of hydrogen-bond acceptors (Lipinski definition) is 10. The van der Waals surface area contributed by atoms with Gasteiger partial charge in [-0.25, -0.2) is 22.5 Å². The summed E-state index contributed by atoms with van der Waals surface area (Å²) in [6, 6.07) is 0.907. The standard InChI is InChI=1S/C10H15F2N2O13P3S/c11-4-10(16)7(12)5(25-8(10)14-2-1-6(15)13-9(14)31)3-24-29(20,21)27-30(22,23)26-28(17,18)19/h1-2,5,7-8,16H,3-4H2,(H,20,21)(H,22,23)(H,13,15,31)(H2,17,18,19)/t5-,7?,8-,10-/m1/s1. The van der Waals surface area contributed by atoms with Crippen molar-refractivity contribution in [3.8, 4) is 0 Å². The summed E-state index contributed by atoms with van der Waals surface area (Å²) in [6.07, 6.45) is -5.48. The molecule has 15 nitrogen and oxygen atoms in total. The van der Waals surface area contributed by atoms with Crippen LogP contribution in [-0.2, 0) is 31.6 Å². The largest absolute Gasteiger partial charge is 0.490 e. The van der Waals surface area contributed by atoms with Crippen LogP contribution in [-0.4, -0.2) is 65.4 Å². The van der Waals surface area contributed by atoms with Crippen molar-refractivity contribution in [1.82, 2.24) is 9.55 Å². The van der Waals surface area contributed by atoms with E-state index in [2.05, 4.69) is 18.1 Å². The van der Waals surface area contributed by atoms with Crippen LogP contribution in [0.25, 0.3) is 0 Å². The van der Waals surface area contributed by atoms with Crippen molar-refractivity contribution in [2.45, 2.75) is 24.1 Å². The van der Waals surface area contributed by atoms with E-state index in [4.69, 9.17) is 31.6 Å². The molecule has 6 N–H and O–H groups in total. The molecular weight excluding hydrogens is 519 g/mol. The molecule has 0 aromatic carbocycles. The minimum Gasteiger partial charge on any atom is -0.379 e. The van der Waals surface area contributed by atoms with Gasteiger partial charge in [0.2, 0.25) is 0 Å². The monoisotopic (exact) mass is 534 g/mol. The van der Waals surface area contributed by atoms with Crippen molar-refractivity contribution in [3.05, 3.63) is 27.4 Å². The highest BCUT2D eigenvalue weighted by molar-refractivity contribution is 7.71. The van der Waals surface area contributed by atoms with E-state index in [-0.39, 0.29) is 4.77 Å². The Morgan fingerprint density at radius 3 is 2.35 bits per heavy atom. The number of H-pyrrole nitrogens is 1. The number of rotatable bonds is 9. The summed E-state index contributed by atoms with van der Waals surface area (Å²) < 4.78 is 78.4. The normalized spacial score (nSPS) is 30.6. The summed E-state index contributed by atoms with van der Waals surface area (Å²) in [6.45, 7) is -3.01. The van der Waals surface area contributed by atoms with Crippen molar-refractivity contribution >= 4 is 35.7 Å². The first-order valence-corrected chi connectivity index (χ1v) is 12.6. The molecule has 1 aliphatic rings. The number of hydrogen-bond donors (Lipinski definition) is 6. The van der Waals surface area contributed by atoms with E-state index in [1.165, 1.54) is 0 Å². The molecule has 0 radical (unpaired) electrons. The van der Waals surface area contributed by atoms with Gasteiger partial charge < -0.3 is 29.4 Å². The predicted octanol–water partition coefficient (Wildman–Crippen LogP) is 0.185. The van der Waals surface area contributed by atoms with Crippen molar-refractivity contribution in [2.75, 3.05) is 13.3 Å². The van der Waals surface area contributed by atoms with Gasteiger partial charge in [0.15, 0.2) is 22.8 Å². The summed E-state index contributed by atoms with van der Waals surface area (Å²) in [4.78, 5) is 48.7. The van der Waals surface area contributed by atoms with E-state index < -0.39 is 66.4 Å². The minimum atomic E-state index is -5.81. The number of nitrogens with one attached hydrogen (secondary N) is 1. The van der Waals surface area contributed by atoms with Gasteiger partial charge >= 0.3 is 23.5 Å². The zero-order valence-corrected chi connectivity index (χ0v) is 18.3. The van der Waals surface area contributed by atoms with Gasteiger partial charge in [-0.1, -0.05) is 0 Å². The van der Waals surface area contributed by atoms with E-state index in [1.807, 2.05) is 0 Å². The smallest absolute Gasteiger partial charge is 0.379 e. The maximum absolute atomic E-state index is 14.7. The van der Waals surface area contributed by atoms with Gasteiger partial charge in [-0.15, -0.1) is 0 Å². The lowest BCUT2D eigenvalue weighted by Gasteiger charge is -2.28. The SMILES string of the molecule is O=c1ccn([C@@H]2O[C@H](COP(=O)(O)OP(=O)(O)OP(=O)(O)O)C(F)[C@]2(O)CF)c(=S)[nH]1. The van der Waals surface area contributed by atoms with Crippen LogP contribution in [0.5, 0.6) is 0 Å². The third kappa shape index (κ3) is 6.65. The van der Waals surface area contributed by atoms with Crippen LogP contribution in [0.15, 0.2) is 17.1 Å². The van der Waals surface area contributed by atoms with Gasteiger partial charge in [0.1, 0.15) is 12.8 Å². The number of aliphatic hydroxyl groups is 1. The maximum Gasteiger partial charge on any atom is 0.490 e. The number of phosphoric ester groups is 1. The molecule has 0 saturated carbocycles. The highest BCUT2D eigenvalue weighted by atomic mass is 32.1. The molecule has 6 atom stereocenters. The van der Waals surface area contributed by atoms with Crippen LogP contribution in [0.3, 0.4) is 0 Å². The Morgan fingerprint density at radius 1 is 1.23 bits per heavy atom. The van der Waals surface area contributed by atoms with Crippen molar-refractivity contribution in [2.24, 2.45) is 0 Å². The minimum absolute atomic E-state index is 0.384. The molecule has 1 aromatic rings. The lowest BCUT2D eigenvalue weighted by Crippen LogP contribution is -2.47. The molecule has 0 aliphatic carbocycles. The average Bonchev–Trinajstić information content (AvgIpc) is 2.82. The Kier molecular flexibility index (Phi) is 7.94. The Bertz CT molecular complexity index is 1080. The van der Waals surface area contributed by atoms with Crippen LogP contribution in [0, 0.1) is 4.77 Å². The quantitative estimate of drug-likeness (QED) is 0.184. The number of nitrogens with zero attached hydrogens (tertiary/aromatic N) is 1. The Balaban J connectivity index is 2.18. The third-order valence-electron chi connectivity index (χ3n) is 3.67. The first kappa shape index (κ1) is 26.5. The summed E-state index contributed by atoms with van der Waals surface area (Å²) in [5.41, 5.74) is -3.55. The second-order valence-corrected chi connectivity index (χ2v) is 10.8. The summed E-state index contributed by atoms with van der Waals surface area (Å²) >= 11 is 4.83. The Hall–Kier alpha value is -0.710. The molecule has 1 saturated heterocycles. The Labute approximate surface area is 175 Å². The zero-order valence-electron chi connectivity index (χ0n) is 14.8. The molecule has 178 valence electrons. The molecule has 0 amide bonds. The molecule has 3 unspecified atom stereocenters. The van der Waals surface area contributed by atoms with E-state index >= 15 is 0 Å². The highest BCUT2D eigenvalue weighted by Crippen LogP contribution is 2.66. The molecule has 2 heterocycles. The number of aromatic amines is 1. The number of phosphoric acid groups is 3. The third-order valence-corrected chi connectivity index (χ3v) is 7.79. The van der Waals surface area contributed by atoms with Crippen molar-refractivity contribution in [1.29, 1.82) is 0 Å². The van der Waals surface area contributed by atoms with Crippen LogP contribution in [0.1, 0.15) is 6.23 Å². The van der Waals surface area contributed by atoms with Gasteiger partial charge in [-0.3, -0.25) is 18.9 Å². The summed E-state index contributed by atoms with van der Waals surface area (Å²) in [5, 5.41) is 10.3. The van der Waals surface area contributed by atoms with Gasteiger partial charge in [-0.2, -0.15) is 8.62 Å².